The van der Waals surface area contributed by atoms with E-state index in [4.69, 9.17) is 14.4 Å². The highest BCUT2D eigenvalue weighted by atomic mass is 16.5. The first-order chi connectivity index (χ1) is 9.84. The summed E-state index contributed by atoms with van der Waals surface area (Å²) >= 11 is 0. The smallest absolute Gasteiger partial charge is 0.307 e. The lowest BCUT2D eigenvalue weighted by molar-refractivity contribution is -0.136. The molecule has 0 aliphatic rings. The number of carboxylic acid groups (broad SMARTS) is 1. The SMILES string of the molecule is CC(C)(C)c1noc(COc2ccc(CC(=O)O)cc2)n1. The van der Waals surface area contributed by atoms with Gasteiger partial charge in [-0.15, -0.1) is 0 Å². The van der Waals surface area contributed by atoms with E-state index in [-0.39, 0.29) is 18.4 Å². The Labute approximate surface area is 122 Å². The fraction of sp³-hybridized carbons (Fsp3) is 0.400. The molecule has 1 aromatic carbocycles. The minimum absolute atomic E-state index is 0.00111. The van der Waals surface area contributed by atoms with E-state index in [9.17, 15) is 4.79 Å². The van der Waals surface area contributed by atoms with Crippen molar-refractivity contribution in [1.82, 2.24) is 10.1 Å². The van der Waals surface area contributed by atoms with Crippen LogP contribution in [0.15, 0.2) is 28.8 Å². The van der Waals surface area contributed by atoms with E-state index in [1.165, 1.54) is 0 Å². The van der Waals surface area contributed by atoms with Gasteiger partial charge in [-0.05, 0) is 17.7 Å². The lowest BCUT2D eigenvalue weighted by atomic mass is 9.96. The van der Waals surface area contributed by atoms with Crippen molar-refractivity contribution in [3.8, 4) is 5.75 Å². The van der Waals surface area contributed by atoms with Crippen molar-refractivity contribution in [2.45, 2.75) is 39.2 Å². The summed E-state index contributed by atoms with van der Waals surface area (Å²) in [7, 11) is 0. The Morgan fingerprint density at radius 2 is 1.95 bits per heavy atom. The van der Waals surface area contributed by atoms with E-state index in [0.29, 0.717) is 17.5 Å². The van der Waals surface area contributed by atoms with Gasteiger partial charge in [0.25, 0.3) is 5.89 Å². The van der Waals surface area contributed by atoms with Crippen LogP contribution >= 0.6 is 0 Å². The molecular weight excluding hydrogens is 272 g/mol. The first kappa shape index (κ1) is 15.0. The Hall–Kier alpha value is -2.37. The molecule has 0 atom stereocenters. The summed E-state index contributed by atoms with van der Waals surface area (Å²) in [4.78, 5) is 14.9. The predicted octanol–water partition coefficient (Wildman–Crippen LogP) is 2.57. The molecule has 0 saturated heterocycles. The van der Waals surface area contributed by atoms with E-state index in [2.05, 4.69) is 10.1 Å². The Morgan fingerprint density at radius 1 is 1.29 bits per heavy atom. The maximum absolute atomic E-state index is 10.6. The third kappa shape index (κ3) is 4.30. The number of carbonyl (C=O) groups is 1. The maximum atomic E-state index is 10.6. The predicted molar refractivity (Wildman–Crippen MR) is 75.1 cm³/mol. The molecule has 1 aromatic heterocycles. The summed E-state index contributed by atoms with van der Waals surface area (Å²) in [6, 6.07) is 6.88. The number of carboxylic acids is 1. The molecule has 1 heterocycles. The topological polar surface area (TPSA) is 85.5 Å². The second kappa shape index (κ2) is 5.95. The summed E-state index contributed by atoms with van der Waals surface area (Å²) in [5.41, 5.74) is 0.558. The number of benzene rings is 1. The van der Waals surface area contributed by atoms with Gasteiger partial charge in [0.1, 0.15) is 5.75 Å². The first-order valence-electron chi connectivity index (χ1n) is 6.61. The van der Waals surface area contributed by atoms with Crippen LogP contribution in [0.3, 0.4) is 0 Å². The number of nitrogens with zero attached hydrogens (tertiary/aromatic N) is 2. The largest absolute Gasteiger partial charge is 0.484 e. The lowest BCUT2D eigenvalue weighted by Gasteiger charge is -2.10. The van der Waals surface area contributed by atoms with Crippen LogP contribution in [0.1, 0.15) is 38.0 Å². The summed E-state index contributed by atoms with van der Waals surface area (Å²) in [5.74, 6) is 0.816. The Balaban J connectivity index is 1.94. The molecule has 0 saturated carbocycles. The molecule has 0 amide bonds. The van der Waals surface area contributed by atoms with Gasteiger partial charge in [0.05, 0.1) is 6.42 Å². The summed E-state index contributed by atoms with van der Waals surface area (Å²) in [5, 5.41) is 12.6. The number of aliphatic carboxylic acids is 1. The average molecular weight is 290 g/mol. The second-order valence-corrected chi connectivity index (χ2v) is 5.76. The molecule has 6 nitrogen and oxygen atoms in total. The van der Waals surface area contributed by atoms with Crippen LogP contribution in [0.25, 0.3) is 0 Å². The lowest BCUT2D eigenvalue weighted by Crippen LogP contribution is -2.13. The third-order valence-corrected chi connectivity index (χ3v) is 2.78. The van der Waals surface area contributed by atoms with E-state index in [1.807, 2.05) is 20.8 Å². The maximum Gasteiger partial charge on any atom is 0.307 e. The monoisotopic (exact) mass is 290 g/mol. The third-order valence-electron chi connectivity index (χ3n) is 2.78. The van der Waals surface area contributed by atoms with Crippen molar-refractivity contribution < 1.29 is 19.2 Å². The van der Waals surface area contributed by atoms with Crippen molar-refractivity contribution in [3.63, 3.8) is 0 Å². The minimum atomic E-state index is -0.857. The van der Waals surface area contributed by atoms with E-state index < -0.39 is 5.97 Å². The zero-order valence-corrected chi connectivity index (χ0v) is 12.3. The van der Waals surface area contributed by atoms with Crippen LogP contribution in [0.2, 0.25) is 0 Å². The normalized spacial score (nSPS) is 11.4. The number of hydrogen-bond acceptors (Lipinski definition) is 5. The quantitative estimate of drug-likeness (QED) is 0.910. The molecule has 0 radical (unpaired) electrons. The molecule has 0 unspecified atom stereocenters. The number of aromatic nitrogens is 2. The van der Waals surface area contributed by atoms with E-state index in [1.54, 1.807) is 24.3 Å². The van der Waals surface area contributed by atoms with Gasteiger partial charge >= 0.3 is 5.97 Å². The van der Waals surface area contributed by atoms with Crippen LogP contribution in [0, 0.1) is 0 Å². The zero-order valence-electron chi connectivity index (χ0n) is 12.3. The number of ether oxygens (including phenoxy) is 1. The first-order valence-corrected chi connectivity index (χ1v) is 6.61. The van der Waals surface area contributed by atoms with E-state index >= 15 is 0 Å². The van der Waals surface area contributed by atoms with Crippen LogP contribution in [-0.4, -0.2) is 21.2 Å². The van der Waals surface area contributed by atoms with Gasteiger partial charge in [0.15, 0.2) is 12.4 Å². The Kier molecular flexibility index (Phi) is 4.26. The summed E-state index contributed by atoms with van der Waals surface area (Å²) < 4.78 is 10.7. The molecule has 2 rings (SSSR count). The van der Waals surface area contributed by atoms with Gasteiger partial charge in [0, 0.05) is 5.41 Å². The fourth-order valence-electron chi connectivity index (χ4n) is 1.64. The van der Waals surface area contributed by atoms with Gasteiger partial charge in [-0.3, -0.25) is 4.79 Å². The van der Waals surface area contributed by atoms with Crippen molar-refractivity contribution in [3.05, 3.63) is 41.5 Å². The molecule has 0 aliphatic heterocycles. The van der Waals surface area contributed by atoms with E-state index in [0.717, 1.165) is 5.56 Å². The molecule has 0 bridgehead atoms. The van der Waals surface area contributed by atoms with Crippen molar-refractivity contribution in [1.29, 1.82) is 0 Å². The van der Waals surface area contributed by atoms with Crippen molar-refractivity contribution in [2.24, 2.45) is 0 Å². The molecule has 21 heavy (non-hydrogen) atoms. The van der Waals surface area contributed by atoms with Crippen LogP contribution in [0.5, 0.6) is 5.75 Å². The number of rotatable bonds is 5. The summed E-state index contributed by atoms with van der Waals surface area (Å²) in [6.07, 6.45) is -0.00111. The minimum Gasteiger partial charge on any atom is -0.484 e. The molecule has 0 spiro atoms. The molecule has 6 heteroatoms. The molecule has 0 aliphatic carbocycles. The molecule has 0 fully saturated rings. The zero-order chi connectivity index (χ0) is 15.5. The Bertz CT molecular complexity index is 611. The molecule has 2 aromatic rings. The summed E-state index contributed by atoms with van der Waals surface area (Å²) in [6.45, 7) is 6.19. The number of hydrogen-bond donors (Lipinski definition) is 1. The van der Waals surface area contributed by atoms with Crippen molar-refractivity contribution >= 4 is 5.97 Å². The highest BCUT2D eigenvalue weighted by Gasteiger charge is 2.20. The van der Waals surface area contributed by atoms with Crippen molar-refractivity contribution in [2.75, 3.05) is 0 Å². The van der Waals surface area contributed by atoms with Gasteiger partial charge in [-0.25, -0.2) is 0 Å². The molecule has 112 valence electrons. The highest BCUT2D eigenvalue weighted by Crippen LogP contribution is 2.19. The fourth-order valence-corrected chi connectivity index (χ4v) is 1.64. The van der Waals surface area contributed by atoms with Crippen LogP contribution < -0.4 is 4.74 Å². The molecule has 1 N–H and O–H groups in total. The van der Waals surface area contributed by atoms with Crippen LogP contribution in [-0.2, 0) is 23.2 Å². The highest BCUT2D eigenvalue weighted by molar-refractivity contribution is 5.70. The standard InChI is InChI=1S/C15H18N2O4/c1-15(2,3)14-16-12(21-17-14)9-20-11-6-4-10(5-7-11)8-13(18)19/h4-7H,8-9H2,1-3H3,(H,18,19). The molecular formula is C15H18N2O4. The Morgan fingerprint density at radius 3 is 2.48 bits per heavy atom. The van der Waals surface area contributed by atoms with Crippen LogP contribution in [0.4, 0.5) is 0 Å². The van der Waals surface area contributed by atoms with Gasteiger partial charge < -0.3 is 14.4 Å². The van der Waals surface area contributed by atoms with Gasteiger partial charge in [0.2, 0.25) is 0 Å². The van der Waals surface area contributed by atoms with Gasteiger partial charge in [-0.2, -0.15) is 4.98 Å². The van der Waals surface area contributed by atoms with Gasteiger partial charge in [-0.1, -0.05) is 38.1 Å². The average Bonchev–Trinajstić information content (AvgIpc) is 2.86. The second-order valence-electron chi connectivity index (χ2n) is 5.76.